The number of hydrogen-bond acceptors (Lipinski definition) is 4. The van der Waals surface area contributed by atoms with Crippen LogP contribution in [0.25, 0.3) is 0 Å². The summed E-state index contributed by atoms with van der Waals surface area (Å²) in [5.74, 6) is -0.341. The summed E-state index contributed by atoms with van der Waals surface area (Å²) in [5, 5.41) is 3.90. The minimum Gasteiger partial charge on any atom is -0.443 e. The Labute approximate surface area is 111 Å². The second kappa shape index (κ2) is 4.72. The normalized spacial score (nSPS) is 20.3. The number of thiophene rings is 1. The maximum absolute atomic E-state index is 12.2. The van der Waals surface area contributed by atoms with Crippen molar-refractivity contribution < 1.29 is 14.3 Å². The van der Waals surface area contributed by atoms with Crippen LogP contribution in [0, 0.1) is 0 Å². The van der Waals surface area contributed by atoms with Gasteiger partial charge in [-0.25, -0.2) is 9.69 Å². The highest BCUT2D eigenvalue weighted by molar-refractivity contribution is 7.08. The highest BCUT2D eigenvalue weighted by atomic mass is 32.1. The highest BCUT2D eigenvalue weighted by Gasteiger charge is 2.38. The predicted molar refractivity (Wildman–Crippen MR) is 69.6 cm³/mol. The second-order valence-electron chi connectivity index (χ2n) is 5.37. The predicted octanol–water partition coefficient (Wildman–Crippen LogP) is 3.00. The largest absolute Gasteiger partial charge is 0.443 e. The lowest BCUT2D eigenvalue weighted by Crippen LogP contribution is -2.38. The molecule has 1 fully saturated rings. The van der Waals surface area contributed by atoms with Crippen LogP contribution in [0.3, 0.4) is 0 Å². The molecule has 1 atom stereocenters. The molecule has 4 nitrogen and oxygen atoms in total. The molecule has 5 heteroatoms. The second-order valence-corrected chi connectivity index (χ2v) is 6.15. The molecule has 0 aliphatic carbocycles. The van der Waals surface area contributed by atoms with E-state index in [0.717, 1.165) is 5.56 Å². The fourth-order valence-corrected chi connectivity index (χ4v) is 2.68. The van der Waals surface area contributed by atoms with Gasteiger partial charge in [0.25, 0.3) is 0 Å². The molecule has 0 saturated carbocycles. The molecule has 2 heterocycles. The van der Waals surface area contributed by atoms with Crippen molar-refractivity contribution in [3.05, 3.63) is 22.4 Å². The van der Waals surface area contributed by atoms with Crippen molar-refractivity contribution in [2.75, 3.05) is 6.54 Å². The fraction of sp³-hybridized carbons (Fsp3) is 0.538. The first-order chi connectivity index (χ1) is 8.38. The van der Waals surface area contributed by atoms with E-state index in [1.165, 1.54) is 4.90 Å². The lowest BCUT2D eigenvalue weighted by atomic mass is 10.0. The Hall–Kier alpha value is -1.36. The van der Waals surface area contributed by atoms with Crippen molar-refractivity contribution in [1.29, 1.82) is 0 Å². The third kappa shape index (κ3) is 2.72. The first-order valence-electron chi connectivity index (χ1n) is 5.95. The van der Waals surface area contributed by atoms with Crippen LogP contribution >= 0.6 is 11.3 Å². The minimum atomic E-state index is -0.572. The van der Waals surface area contributed by atoms with Gasteiger partial charge in [0.05, 0.1) is 5.92 Å². The van der Waals surface area contributed by atoms with Gasteiger partial charge in [-0.15, -0.1) is 0 Å². The van der Waals surface area contributed by atoms with Crippen molar-refractivity contribution in [3.8, 4) is 0 Å². The Morgan fingerprint density at radius 3 is 2.78 bits per heavy atom. The molecule has 1 aliphatic rings. The van der Waals surface area contributed by atoms with Crippen LogP contribution < -0.4 is 0 Å². The molecule has 0 radical (unpaired) electrons. The SMILES string of the molecule is CC(C)(C)OC(=O)N1CCC(c2ccsc2)C1=O. The van der Waals surface area contributed by atoms with E-state index in [1.54, 1.807) is 32.1 Å². The van der Waals surface area contributed by atoms with Crippen LogP contribution in [0.4, 0.5) is 4.79 Å². The Balaban J connectivity index is 2.06. The van der Waals surface area contributed by atoms with Crippen molar-refractivity contribution in [2.45, 2.75) is 38.7 Å². The lowest BCUT2D eigenvalue weighted by Gasteiger charge is -2.23. The molecular formula is C13H17NO3S. The molecule has 98 valence electrons. The van der Waals surface area contributed by atoms with Gasteiger partial charge in [-0.3, -0.25) is 4.79 Å². The summed E-state index contributed by atoms with van der Waals surface area (Å²) < 4.78 is 5.23. The molecule has 0 N–H and O–H groups in total. The summed E-state index contributed by atoms with van der Waals surface area (Å²) in [6.07, 6.45) is 0.139. The molecule has 18 heavy (non-hydrogen) atoms. The van der Waals surface area contributed by atoms with Crippen LogP contribution in [0.2, 0.25) is 0 Å². The van der Waals surface area contributed by atoms with Gasteiger partial charge in [-0.1, -0.05) is 0 Å². The quantitative estimate of drug-likeness (QED) is 0.785. The van der Waals surface area contributed by atoms with Gasteiger partial charge in [0.15, 0.2) is 0 Å². The van der Waals surface area contributed by atoms with Crippen molar-refractivity contribution in [3.63, 3.8) is 0 Å². The number of rotatable bonds is 1. The first kappa shape index (κ1) is 13.1. The maximum Gasteiger partial charge on any atom is 0.417 e. The third-order valence-corrected chi connectivity index (χ3v) is 3.47. The van der Waals surface area contributed by atoms with Gasteiger partial charge >= 0.3 is 6.09 Å². The Morgan fingerprint density at radius 2 is 2.22 bits per heavy atom. The zero-order valence-corrected chi connectivity index (χ0v) is 11.6. The van der Waals surface area contributed by atoms with Crippen LogP contribution in [-0.4, -0.2) is 29.0 Å². The number of carbonyl (C=O) groups is 2. The van der Waals surface area contributed by atoms with E-state index in [2.05, 4.69) is 0 Å². The molecule has 2 rings (SSSR count). The highest BCUT2D eigenvalue weighted by Crippen LogP contribution is 2.30. The number of ether oxygens (including phenoxy) is 1. The molecule has 2 amide bonds. The van der Waals surface area contributed by atoms with Crippen molar-refractivity contribution in [2.24, 2.45) is 0 Å². The third-order valence-electron chi connectivity index (χ3n) is 2.76. The van der Waals surface area contributed by atoms with Crippen LogP contribution in [0.15, 0.2) is 16.8 Å². The van der Waals surface area contributed by atoms with Gasteiger partial charge in [0.2, 0.25) is 5.91 Å². The van der Waals surface area contributed by atoms with Crippen molar-refractivity contribution in [1.82, 2.24) is 4.90 Å². The lowest BCUT2D eigenvalue weighted by molar-refractivity contribution is -0.128. The summed E-state index contributed by atoms with van der Waals surface area (Å²) >= 11 is 1.56. The van der Waals surface area contributed by atoms with E-state index in [1.807, 2.05) is 16.8 Å². The minimum absolute atomic E-state index is 0.150. The number of amides is 2. The molecule has 1 saturated heterocycles. The Morgan fingerprint density at radius 1 is 1.50 bits per heavy atom. The van der Waals surface area contributed by atoms with E-state index in [0.29, 0.717) is 13.0 Å². The summed E-state index contributed by atoms with van der Waals surface area (Å²) in [4.78, 5) is 25.2. The first-order valence-corrected chi connectivity index (χ1v) is 6.89. The monoisotopic (exact) mass is 267 g/mol. The van der Waals surface area contributed by atoms with Gasteiger partial charge in [-0.05, 0) is 49.6 Å². The van der Waals surface area contributed by atoms with E-state index in [9.17, 15) is 9.59 Å². The number of likely N-dealkylation sites (tertiary alicyclic amines) is 1. The molecule has 0 aromatic carbocycles. The molecule has 0 spiro atoms. The van der Waals surface area contributed by atoms with Crippen molar-refractivity contribution >= 4 is 23.3 Å². The molecule has 1 unspecified atom stereocenters. The number of nitrogens with zero attached hydrogens (tertiary/aromatic N) is 1. The zero-order chi connectivity index (χ0) is 13.3. The average Bonchev–Trinajstić information content (AvgIpc) is 2.82. The molecular weight excluding hydrogens is 250 g/mol. The van der Waals surface area contributed by atoms with E-state index in [4.69, 9.17) is 4.74 Å². The van der Waals surface area contributed by atoms with E-state index >= 15 is 0 Å². The summed E-state index contributed by atoms with van der Waals surface area (Å²) in [6, 6.07) is 1.94. The fourth-order valence-electron chi connectivity index (χ4n) is 1.96. The molecule has 1 aliphatic heterocycles. The summed E-state index contributed by atoms with van der Waals surface area (Å²) in [5.41, 5.74) is 0.425. The van der Waals surface area contributed by atoms with Gasteiger partial charge in [-0.2, -0.15) is 11.3 Å². The standard InChI is InChI=1S/C13H17NO3S/c1-13(2,3)17-12(16)14-6-4-10(11(14)15)9-5-7-18-8-9/h5,7-8,10H,4,6H2,1-3H3. The summed E-state index contributed by atoms with van der Waals surface area (Å²) in [6.45, 7) is 5.82. The Kier molecular flexibility index (Phi) is 3.43. The number of hydrogen-bond donors (Lipinski definition) is 0. The van der Waals surface area contributed by atoms with Crippen LogP contribution in [0.5, 0.6) is 0 Å². The Bertz CT molecular complexity index is 447. The van der Waals surface area contributed by atoms with E-state index < -0.39 is 11.7 Å². The topological polar surface area (TPSA) is 46.6 Å². The number of imide groups is 1. The van der Waals surface area contributed by atoms with Gasteiger partial charge in [0, 0.05) is 6.54 Å². The van der Waals surface area contributed by atoms with Crippen LogP contribution in [-0.2, 0) is 9.53 Å². The van der Waals surface area contributed by atoms with Crippen LogP contribution in [0.1, 0.15) is 38.7 Å². The zero-order valence-electron chi connectivity index (χ0n) is 10.8. The molecule has 0 bridgehead atoms. The van der Waals surface area contributed by atoms with Gasteiger partial charge < -0.3 is 4.74 Å². The smallest absolute Gasteiger partial charge is 0.417 e. The average molecular weight is 267 g/mol. The van der Waals surface area contributed by atoms with Gasteiger partial charge in [0.1, 0.15) is 5.60 Å². The molecule has 1 aromatic heterocycles. The summed E-state index contributed by atoms with van der Waals surface area (Å²) in [7, 11) is 0. The number of carbonyl (C=O) groups excluding carboxylic acids is 2. The maximum atomic E-state index is 12.2. The van der Waals surface area contributed by atoms with E-state index in [-0.39, 0.29) is 11.8 Å². The molecule has 1 aromatic rings.